The third-order valence-electron chi connectivity index (χ3n) is 4.77. The lowest BCUT2D eigenvalue weighted by molar-refractivity contribution is -0.122. The van der Waals surface area contributed by atoms with Crippen LogP contribution in [0.15, 0.2) is 29.8 Å². The van der Waals surface area contributed by atoms with E-state index in [1.165, 1.54) is 24.3 Å². The van der Waals surface area contributed by atoms with Gasteiger partial charge >= 0.3 is 0 Å². The van der Waals surface area contributed by atoms with E-state index in [-0.39, 0.29) is 29.8 Å². The van der Waals surface area contributed by atoms with Crippen molar-refractivity contribution in [3.63, 3.8) is 0 Å². The maximum absolute atomic E-state index is 14.2. The lowest BCUT2D eigenvalue weighted by atomic mass is 9.92. The molecule has 1 saturated heterocycles. The van der Waals surface area contributed by atoms with Gasteiger partial charge in [-0.2, -0.15) is 0 Å². The molecule has 1 fully saturated rings. The Labute approximate surface area is 167 Å². The van der Waals surface area contributed by atoms with Crippen molar-refractivity contribution in [2.45, 2.75) is 51.4 Å². The molecular weight excluding hydrogens is 381 g/mol. The minimum Gasteiger partial charge on any atom is -0.370 e. The second-order valence-corrected chi connectivity index (χ2v) is 7.80. The Morgan fingerprint density at radius 3 is 2.79 bits per heavy atom. The average molecular weight is 405 g/mol. The minimum atomic E-state index is -0.434. The average Bonchev–Trinajstić information content (AvgIpc) is 3.07. The predicted octanol–water partition coefficient (Wildman–Crippen LogP) is 3.14. The van der Waals surface area contributed by atoms with E-state index in [0.717, 1.165) is 0 Å². The molecule has 8 heteroatoms. The summed E-state index contributed by atoms with van der Waals surface area (Å²) in [7, 11) is 0. The van der Waals surface area contributed by atoms with Crippen molar-refractivity contribution in [3.05, 3.63) is 51.7 Å². The van der Waals surface area contributed by atoms with Gasteiger partial charge in [-0.05, 0) is 32.3 Å². The van der Waals surface area contributed by atoms with Crippen LogP contribution in [0.3, 0.4) is 0 Å². The van der Waals surface area contributed by atoms with Gasteiger partial charge in [0.1, 0.15) is 10.7 Å². The summed E-state index contributed by atoms with van der Waals surface area (Å²) in [5, 5.41) is 5.81. The van der Waals surface area contributed by atoms with Gasteiger partial charge in [-0.1, -0.05) is 18.2 Å². The van der Waals surface area contributed by atoms with E-state index in [4.69, 9.17) is 4.74 Å². The van der Waals surface area contributed by atoms with E-state index in [0.29, 0.717) is 41.9 Å². The molecule has 2 amide bonds. The van der Waals surface area contributed by atoms with Gasteiger partial charge in [0, 0.05) is 25.1 Å². The molecule has 28 heavy (non-hydrogen) atoms. The number of nitrogens with one attached hydrogen (secondary N) is 2. The highest BCUT2D eigenvalue weighted by molar-refractivity contribution is 7.11. The van der Waals surface area contributed by atoms with Crippen LogP contribution >= 0.6 is 11.3 Å². The lowest BCUT2D eigenvalue weighted by Gasteiger charge is -2.36. The van der Waals surface area contributed by atoms with Gasteiger partial charge in [-0.25, -0.2) is 9.37 Å². The van der Waals surface area contributed by atoms with Crippen LogP contribution in [0.25, 0.3) is 0 Å². The van der Waals surface area contributed by atoms with Crippen molar-refractivity contribution >= 4 is 23.2 Å². The predicted molar refractivity (Wildman–Crippen MR) is 105 cm³/mol. The van der Waals surface area contributed by atoms with E-state index in [9.17, 15) is 14.0 Å². The van der Waals surface area contributed by atoms with Crippen molar-refractivity contribution in [1.82, 2.24) is 15.6 Å². The maximum atomic E-state index is 14.2. The molecule has 0 saturated carbocycles. The molecule has 2 N–H and O–H groups in total. The number of nitrogens with zero attached hydrogens (tertiary/aromatic N) is 1. The number of carbonyl (C=O) groups is 2. The van der Waals surface area contributed by atoms with Gasteiger partial charge in [0.2, 0.25) is 5.91 Å². The minimum absolute atomic E-state index is 0.0969. The number of benzene rings is 1. The molecule has 1 aliphatic heterocycles. The number of carbonyl (C=O) groups excluding carboxylic acids is 2. The first-order valence-corrected chi connectivity index (χ1v) is 10.2. The van der Waals surface area contributed by atoms with Crippen LogP contribution < -0.4 is 10.6 Å². The number of hydrogen-bond acceptors (Lipinski definition) is 5. The number of aromatic nitrogens is 1. The highest BCUT2D eigenvalue weighted by Gasteiger charge is 2.32. The molecular formula is C20H24FN3O3S. The van der Waals surface area contributed by atoms with Crippen LogP contribution in [0.2, 0.25) is 0 Å². The fourth-order valence-corrected chi connectivity index (χ4v) is 4.21. The standard InChI is InChI=1S/C20H24FN3O3S/c1-12-19(28-11-23-12)20(26)22-8-7-15-9-14(24-13(2)25)10-18(27-15)16-5-3-4-6-17(16)21/h3-6,11,14-15,18H,7-10H2,1-2H3,(H,22,26)(H,24,25)/t14-,15+,18+/m0/s1. The van der Waals surface area contributed by atoms with Crippen LogP contribution in [-0.2, 0) is 9.53 Å². The second-order valence-electron chi connectivity index (χ2n) is 6.95. The van der Waals surface area contributed by atoms with Gasteiger partial charge in [0.25, 0.3) is 5.91 Å². The third kappa shape index (κ3) is 5.14. The van der Waals surface area contributed by atoms with Gasteiger partial charge in [-0.3, -0.25) is 9.59 Å². The van der Waals surface area contributed by atoms with Gasteiger partial charge in [0.05, 0.1) is 23.4 Å². The summed E-state index contributed by atoms with van der Waals surface area (Å²) in [6.07, 6.45) is 1.09. The summed E-state index contributed by atoms with van der Waals surface area (Å²) < 4.78 is 20.3. The fourth-order valence-electron chi connectivity index (χ4n) is 3.49. The molecule has 3 atom stereocenters. The van der Waals surface area contributed by atoms with E-state index >= 15 is 0 Å². The van der Waals surface area contributed by atoms with Crippen molar-refractivity contribution in [2.75, 3.05) is 6.54 Å². The topological polar surface area (TPSA) is 80.3 Å². The maximum Gasteiger partial charge on any atom is 0.263 e. The highest BCUT2D eigenvalue weighted by Crippen LogP contribution is 2.33. The van der Waals surface area contributed by atoms with Crippen LogP contribution in [0.4, 0.5) is 4.39 Å². The first-order valence-electron chi connectivity index (χ1n) is 9.29. The molecule has 1 aliphatic rings. The number of aryl methyl sites for hydroxylation is 1. The Morgan fingerprint density at radius 2 is 2.11 bits per heavy atom. The number of amides is 2. The zero-order chi connectivity index (χ0) is 20.1. The Morgan fingerprint density at radius 1 is 1.32 bits per heavy atom. The van der Waals surface area contributed by atoms with Gasteiger partial charge < -0.3 is 15.4 Å². The van der Waals surface area contributed by atoms with Crippen LogP contribution in [0, 0.1) is 12.7 Å². The Hall–Kier alpha value is -2.32. The van der Waals surface area contributed by atoms with Crippen molar-refractivity contribution in [1.29, 1.82) is 0 Å². The fraction of sp³-hybridized carbons (Fsp3) is 0.450. The molecule has 6 nitrogen and oxygen atoms in total. The summed E-state index contributed by atoms with van der Waals surface area (Å²) in [5.41, 5.74) is 2.85. The SMILES string of the molecule is CC(=O)N[C@H]1C[C@@H](CCNC(=O)c2scnc2C)O[C@@H](c2ccccc2F)C1. The van der Waals surface area contributed by atoms with E-state index in [1.54, 1.807) is 30.6 Å². The summed E-state index contributed by atoms with van der Waals surface area (Å²) >= 11 is 1.31. The first-order chi connectivity index (χ1) is 13.4. The molecule has 0 unspecified atom stereocenters. The van der Waals surface area contributed by atoms with Crippen LogP contribution in [0.1, 0.15) is 53.2 Å². The number of rotatable bonds is 6. The number of hydrogen-bond donors (Lipinski definition) is 2. The van der Waals surface area contributed by atoms with Gasteiger partial charge in [0.15, 0.2) is 0 Å². The Kier molecular flexibility index (Phi) is 6.74. The van der Waals surface area contributed by atoms with Crippen LogP contribution in [0.5, 0.6) is 0 Å². The number of ether oxygens (including phenoxy) is 1. The third-order valence-corrected chi connectivity index (χ3v) is 5.69. The number of halogens is 1. The van der Waals surface area contributed by atoms with E-state index in [2.05, 4.69) is 15.6 Å². The largest absolute Gasteiger partial charge is 0.370 e. The van der Waals surface area contributed by atoms with Crippen LogP contribution in [-0.4, -0.2) is 35.5 Å². The molecule has 3 rings (SSSR count). The molecule has 0 aliphatic carbocycles. The second kappa shape index (κ2) is 9.25. The van der Waals surface area contributed by atoms with Crippen molar-refractivity contribution < 1.29 is 18.7 Å². The summed E-state index contributed by atoms with van der Waals surface area (Å²) in [5.74, 6) is -0.588. The summed E-state index contributed by atoms with van der Waals surface area (Å²) in [6, 6.07) is 6.44. The first kappa shape index (κ1) is 20.4. The normalized spacial score (nSPS) is 21.9. The molecule has 0 radical (unpaired) electrons. The molecule has 0 spiro atoms. The zero-order valence-corrected chi connectivity index (χ0v) is 16.7. The molecule has 2 aromatic rings. The van der Waals surface area contributed by atoms with E-state index < -0.39 is 6.10 Å². The molecule has 2 heterocycles. The molecule has 0 bridgehead atoms. The Balaban J connectivity index is 1.62. The smallest absolute Gasteiger partial charge is 0.263 e. The van der Waals surface area contributed by atoms with Crippen molar-refractivity contribution in [3.8, 4) is 0 Å². The molecule has 150 valence electrons. The molecule has 1 aromatic heterocycles. The van der Waals surface area contributed by atoms with Crippen molar-refractivity contribution in [2.24, 2.45) is 0 Å². The summed E-state index contributed by atoms with van der Waals surface area (Å²) in [4.78, 5) is 28.4. The summed E-state index contributed by atoms with van der Waals surface area (Å²) in [6.45, 7) is 3.70. The zero-order valence-electron chi connectivity index (χ0n) is 15.9. The lowest BCUT2D eigenvalue weighted by Crippen LogP contribution is -2.43. The Bertz CT molecular complexity index is 842. The van der Waals surface area contributed by atoms with E-state index in [1.807, 2.05) is 0 Å². The highest BCUT2D eigenvalue weighted by atomic mass is 32.1. The van der Waals surface area contributed by atoms with Gasteiger partial charge in [-0.15, -0.1) is 11.3 Å². The number of thiazole rings is 1. The monoisotopic (exact) mass is 405 g/mol. The molecule has 1 aromatic carbocycles. The quantitative estimate of drug-likeness (QED) is 0.774.